The number of hydrogen-bond acceptors (Lipinski definition) is 2. The van der Waals surface area contributed by atoms with Crippen LogP contribution < -0.4 is 11.3 Å². The lowest BCUT2D eigenvalue weighted by Gasteiger charge is -2.19. The second-order valence-electron chi connectivity index (χ2n) is 4.55. The molecule has 100 valence electrons. The summed E-state index contributed by atoms with van der Waals surface area (Å²) in [4.78, 5) is 0. The maximum atomic E-state index is 13.3. The summed E-state index contributed by atoms with van der Waals surface area (Å²) < 4.78 is 13.3. The Hall–Kier alpha value is -1.42. The molecule has 3 N–H and O–H groups in total. The minimum absolute atomic E-state index is 0.128. The molecule has 0 spiro atoms. The molecule has 0 amide bonds. The lowest BCUT2D eigenvalue weighted by molar-refractivity contribution is 0.541. The van der Waals surface area contributed by atoms with Crippen LogP contribution in [0.25, 0.3) is 0 Å². The first-order valence-electron chi connectivity index (χ1n) is 6.07. The predicted molar refractivity (Wildman–Crippen MR) is 76.4 cm³/mol. The Morgan fingerprint density at radius 2 is 1.89 bits per heavy atom. The van der Waals surface area contributed by atoms with E-state index in [0.29, 0.717) is 11.4 Å². The summed E-state index contributed by atoms with van der Waals surface area (Å²) in [7, 11) is 0. The highest BCUT2D eigenvalue weighted by Crippen LogP contribution is 2.23. The van der Waals surface area contributed by atoms with Crippen LogP contribution in [0.3, 0.4) is 0 Å². The third-order valence-electron chi connectivity index (χ3n) is 3.17. The van der Waals surface area contributed by atoms with Crippen molar-refractivity contribution in [2.45, 2.75) is 19.4 Å². The van der Waals surface area contributed by atoms with Crippen LogP contribution in [0.1, 0.15) is 22.7 Å². The van der Waals surface area contributed by atoms with E-state index in [4.69, 9.17) is 17.4 Å². The van der Waals surface area contributed by atoms with Crippen molar-refractivity contribution < 1.29 is 4.39 Å². The predicted octanol–water partition coefficient (Wildman–Crippen LogP) is 3.53. The molecule has 2 aromatic carbocycles. The van der Waals surface area contributed by atoms with Crippen molar-refractivity contribution >= 4 is 11.6 Å². The van der Waals surface area contributed by atoms with Crippen molar-refractivity contribution in [1.82, 2.24) is 5.43 Å². The number of nitrogens with two attached hydrogens (primary N) is 1. The van der Waals surface area contributed by atoms with Gasteiger partial charge in [-0.2, -0.15) is 0 Å². The van der Waals surface area contributed by atoms with Gasteiger partial charge in [0.25, 0.3) is 0 Å². The molecule has 1 atom stereocenters. The molecule has 0 aliphatic heterocycles. The molecule has 0 saturated heterocycles. The van der Waals surface area contributed by atoms with Crippen LogP contribution in [-0.4, -0.2) is 0 Å². The van der Waals surface area contributed by atoms with Gasteiger partial charge in [0.15, 0.2) is 0 Å². The molecule has 0 saturated carbocycles. The van der Waals surface area contributed by atoms with Gasteiger partial charge in [-0.15, -0.1) is 0 Å². The molecule has 2 rings (SSSR count). The minimum atomic E-state index is -0.253. The second kappa shape index (κ2) is 6.15. The van der Waals surface area contributed by atoms with E-state index in [1.807, 2.05) is 31.2 Å². The van der Waals surface area contributed by atoms with Crippen molar-refractivity contribution in [3.05, 3.63) is 70.0 Å². The molecule has 0 aliphatic rings. The second-order valence-corrected chi connectivity index (χ2v) is 4.99. The van der Waals surface area contributed by atoms with Crippen LogP contribution in [0, 0.1) is 12.7 Å². The van der Waals surface area contributed by atoms with E-state index in [1.165, 1.54) is 12.1 Å². The molecule has 4 heteroatoms. The molecule has 0 fully saturated rings. The highest BCUT2D eigenvalue weighted by Gasteiger charge is 2.13. The van der Waals surface area contributed by atoms with Gasteiger partial charge in [0.05, 0.1) is 6.04 Å². The standard InChI is InChI=1S/C15H16ClFN2/c1-10-2-7-13(17)9-14(10)15(19-18)8-11-3-5-12(16)6-4-11/h2-7,9,15,19H,8,18H2,1H3. The molecule has 0 aliphatic carbocycles. The number of aryl methyl sites for hydroxylation is 1. The fourth-order valence-corrected chi connectivity index (χ4v) is 2.23. The molecular formula is C15H16ClFN2. The quantitative estimate of drug-likeness (QED) is 0.663. The van der Waals surface area contributed by atoms with Crippen molar-refractivity contribution in [2.75, 3.05) is 0 Å². The summed E-state index contributed by atoms with van der Waals surface area (Å²) in [6, 6.07) is 12.2. The highest BCUT2D eigenvalue weighted by atomic mass is 35.5. The van der Waals surface area contributed by atoms with E-state index in [9.17, 15) is 4.39 Å². The number of rotatable bonds is 4. The SMILES string of the molecule is Cc1ccc(F)cc1C(Cc1ccc(Cl)cc1)NN. The first-order chi connectivity index (χ1) is 9.10. The van der Waals surface area contributed by atoms with E-state index in [1.54, 1.807) is 6.07 Å². The van der Waals surface area contributed by atoms with Crippen LogP contribution in [-0.2, 0) is 6.42 Å². The third kappa shape index (κ3) is 3.53. The Kier molecular flexibility index (Phi) is 4.53. The number of nitrogens with one attached hydrogen (secondary N) is 1. The van der Waals surface area contributed by atoms with E-state index >= 15 is 0 Å². The first kappa shape index (κ1) is 14.0. The summed E-state index contributed by atoms with van der Waals surface area (Å²) in [5.41, 5.74) is 5.73. The molecule has 0 bridgehead atoms. The van der Waals surface area contributed by atoms with Crippen molar-refractivity contribution in [3.8, 4) is 0 Å². The summed E-state index contributed by atoms with van der Waals surface area (Å²) in [6.45, 7) is 1.95. The van der Waals surface area contributed by atoms with Crippen LogP contribution in [0.2, 0.25) is 5.02 Å². The zero-order valence-corrected chi connectivity index (χ0v) is 11.4. The number of benzene rings is 2. The van der Waals surface area contributed by atoms with Crippen molar-refractivity contribution in [2.24, 2.45) is 5.84 Å². The average molecular weight is 279 g/mol. The summed E-state index contributed by atoms with van der Waals surface area (Å²) in [5.74, 6) is 5.35. The lowest BCUT2D eigenvalue weighted by Crippen LogP contribution is -2.30. The first-order valence-corrected chi connectivity index (χ1v) is 6.44. The molecule has 2 aromatic rings. The van der Waals surface area contributed by atoms with E-state index in [2.05, 4.69) is 5.43 Å². The van der Waals surface area contributed by atoms with E-state index < -0.39 is 0 Å². The van der Waals surface area contributed by atoms with Crippen LogP contribution >= 0.6 is 11.6 Å². The fraction of sp³-hybridized carbons (Fsp3) is 0.200. The number of halogens is 2. The van der Waals surface area contributed by atoms with E-state index in [-0.39, 0.29) is 11.9 Å². The van der Waals surface area contributed by atoms with Crippen LogP contribution in [0.4, 0.5) is 4.39 Å². The van der Waals surface area contributed by atoms with Crippen LogP contribution in [0.15, 0.2) is 42.5 Å². The fourth-order valence-electron chi connectivity index (χ4n) is 2.10. The monoisotopic (exact) mass is 278 g/mol. The Labute approximate surface area is 117 Å². The van der Waals surface area contributed by atoms with Gasteiger partial charge in [0.1, 0.15) is 5.82 Å². The third-order valence-corrected chi connectivity index (χ3v) is 3.42. The Bertz CT molecular complexity index is 555. The topological polar surface area (TPSA) is 38.0 Å². The summed E-state index contributed by atoms with van der Waals surface area (Å²) in [5, 5.41) is 0.697. The van der Waals surface area contributed by atoms with Crippen LogP contribution in [0.5, 0.6) is 0 Å². The van der Waals surface area contributed by atoms with Crippen molar-refractivity contribution in [1.29, 1.82) is 0 Å². The highest BCUT2D eigenvalue weighted by molar-refractivity contribution is 6.30. The van der Waals surface area contributed by atoms with Gasteiger partial charge in [0, 0.05) is 5.02 Å². The maximum Gasteiger partial charge on any atom is 0.123 e. The molecule has 2 nitrogen and oxygen atoms in total. The van der Waals surface area contributed by atoms with E-state index in [0.717, 1.165) is 16.7 Å². The van der Waals surface area contributed by atoms with Gasteiger partial charge in [0.2, 0.25) is 0 Å². The Balaban J connectivity index is 2.24. The number of hydrogen-bond donors (Lipinski definition) is 2. The smallest absolute Gasteiger partial charge is 0.123 e. The molecule has 0 heterocycles. The lowest BCUT2D eigenvalue weighted by atomic mass is 9.96. The Morgan fingerprint density at radius 3 is 2.53 bits per heavy atom. The Morgan fingerprint density at radius 1 is 1.21 bits per heavy atom. The average Bonchev–Trinajstić information content (AvgIpc) is 2.41. The van der Waals surface area contributed by atoms with Gasteiger partial charge < -0.3 is 0 Å². The van der Waals surface area contributed by atoms with Crippen molar-refractivity contribution in [3.63, 3.8) is 0 Å². The van der Waals surface area contributed by atoms with Gasteiger partial charge in [-0.3, -0.25) is 11.3 Å². The van der Waals surface area contributed by atoms with Gasteiger partial charge in [-0.1, -0.05) is 29.8 Å². The zero-order valence-electron chi connectivity index (χ0n) is 10.7. The molecule has 19 heavy (non-hydrogen) atoms. The summed E-state index contributed by atoms with van der Waals surface area (Å²) >= 11 is 5.86. The zero-order chi connectivity index (χ0) is 13.8. The largest absolute Gasteiger partial charge is 0.271 e. The molecular weight excluding hydrogens is 263 g/mol. The van der Waals surface area contributed by atoms with Gasteiger partial charge >= 0.3 is 0 Å². The summed E-state index contributed by atoms with van der Waals surface area (Å²) in [6.07, 6.45) is 0.679. The minimum Gasteiger partial charge on any atom is -0.271 e. The molecule has 1 unspecified atom stereocenters. The van der Waals surface area contributed by atoms with Gasteiger partial charge in [-0.05, 0) is 54.3 Å². The number of hydrazine groups is 1. The van der Waals surface area contributed by atoms with Gasteiger partial charge in [-0.25, -0.2) is 4.39 Å². The molecule has 0 aromatic heterocycles. The normalized spacial score (nSPS) is 12.4. The maximum absolute atomic E-state index is 13.3. The molecule has 0 radical (unpaired) electrons.